The first kappa shape index (κ1) is 19.4. The monoisotopic (exact) mass is 315 g/mol. The summed E-state index contributed by atoms with van der Waals surface area (Å²) in [5.41, 5.74) is 1.82. The molecule has 2 aliphatic rings. The molecule has 0 unspecified atom stereocenters. The van der Waals surface area contributed by atoms with E-state index in [2.05, 4.69) is 10.1 Å². The first-order chi connectivity index (χ1) is 9.36. The van der Waals surface area contributed by atoms with Crippen LogP contribution in [0.3, 0.4) is 0 Å². The largest absolute Gasteiger partial charge is 2.00 e. The summed E-state index contributed by atoms with van der Waals surface area (Å²) >= 11 is 0. The SMILES string of the molecule is O/N=C/C(=NCC[C]1[CH][CH][CH][CH]1)NO.[CH]1[CH][CH][CH][CH]1.[Fe+2]. The Balaban J connectivity index is 0.000000507. The molecule has 6 heteroatoms. The van der Waals surface area contributed by atoms with Crippen molar-refractivity contribution in [2.45, 2.75) is 6.42 Å². The number of hydrogen-bond acceptors (Lipinski definition) is 4. The number of nitrogens with one attached hydrogen (secondary N) is 1. The first-order valence-corrected chi connectivity index (χ1v) is 5.86. The molecule has 2 rings (SSSR count). The molecule has 5 nitrogen and oxygen atoms in total. The summed E-state index contributed by atoms with van der Waals surface area (Å²) in [5.74, 6) is 1.33. The van der Waals surface area contributed by atoms with Crippen molar-refractivity contribution in [3.05, 3.63) is 63.7 Å². The third kappa shape index (κ3) is 9.34. The van der Waals surface area contributed by atoms with Gasteiger partial charge in [0.2, 0.25) is 0 Å². The van der Waals surface area contributed by atoms with E-state index in [-0.39, 0.29) is 22.9 Å². The molecule has 0 aliphatic heterocycles. The predicted molar refractivity (Wildman–Crippen MR) is 74.1 cm³/mol. The Morgan fingerprint density at radius 1 is 1.05 bits per heavy atom. The van der Waals surface area contributed by atoms with Crippen molar-refractivity contribution < 1.29 is 27.5 Å². The zero-order valence-corrected chi connectivity index (χ0v) is 11.9. The predicted octanol–water partition coefficient (Wildman–Crippen LogP) is 1.64. The Bertz CT molecular complexity index is 268. The van der Waals surface area contributed by atoms with Gasteiger partial charge in [-0.05, 0) is 70.1 Å². The maximum Gasteiger partial charge on any atom is 2.00 e. The van der Waals surface area contributed by atoms with E-state index >= 15 is 0 Å². The van der Waals surface area contributed by atoms with Crippen molar-refractivity contribution in [3.8, 4) is 0 Å². The summed E-state index contributed by atoms with van der Waals surface area (Å²) in [6, 6.07) is 0. The van der Waals surface area contributed by atoms with Gasteiger partial charge < -0.3 is 5.21 Å². The molecule has 3 N–H and O–H groups in total. The minimum absolute atomic E-state index is 0. The van der Waals surface area contributed by atoms with Gasteiger partial charge in [0.1, 0.15) is 6.21 Å². The number of oxime groups is 1. The number of hydrogen-bond donors (Lipinski definition) is 3. The Kier molecular flexibility index (Phi) is 13.0. The minimum Gasteiger partial charge on any atom is -0.411 e. The summed E-state index contributed by atoms with van der Waals surface area (Å²) < 4.78 is 0. The van der Waals surface area contributed by atoms with E-state index in [1.165, 1.54) is 5.92 Å². The van der Waals surface area contributed by atoms with Gasteiger partial charge in [0.25, 0.3) is 0 Å². The Hall–Kier alpha value is -0.581. The molecule has 0 aromatic rings. The fourth-order valence-corrected chi connectivity index (χ4v) is 1.37. The molecular formula is C14H17FeN3O2+2. The van der Waals surface area contributed by atoms with Crippen molar-refractivity contribution in [2.75, 3.05) is 6.54 Å². The average Bonchev–Trinajstić information content (AvgIpc) is 3.13. The molecule has 0 spiro atoms. The minimum atomic E-state index is 0. The van der Waals surface area contributed by atoms with Gasteiger partial charge in [-0.1, -0.05) is 5.16 Å². The molecule has 20 heavy (non-hydrogen) atoms. The van der Waals surface area contributed by atoms with Crippen LogP contribution in [-0.2, 0) is 17.1 Å². The third-order valence-corrected chi connectivity index (χ3v) is 2.26. The molecule has 0 atom stereocenters. The van der Waals surface area contributed by atoms with E-state index in [0.717, 1.165) is 12.6 Å². The molecule has 0 aromatic carbocycles. The van der Waals surface area contributed by atoms with Crippen LogP contribution in [0.15, 0.2) is 10.1 Å². The fraction of sp³-hybridized carbons (Fsp3) is 0.143. The maximum absolute atomic E-state index is 8.53. The van der Waals surface area contributed by atoms with Crippen LogP contribution >= 0.6 is 0 Å². The first-order valence-electron chi connectivity index (χ1n) is 5.86. The second kappa shape index (κ2) is 13.4. The van der Waals surface area contributed by atoms with Gasteiger partial charge in [0, 0.05) is 6.54 Å². The third-order valence-electron chi connectivity index (χ3n) is 2.26. The second-order valence-electron chi connectivity index (χ2n) is 3.63. The molecule has 0 bridgehead atoms. The standard InChI is InChI=1S/C9H12N3O2.C5H5.Fe/c13-11-7-9(12-14)10-6-5-8-3-1-2-4-8;1-2-4-5-3-1;/h1-4,7,13-14H,5-6H2,(H,10,12);1-5H;/q;;+2/b11-7+;;. The van der Waals surface area contributed by atoms with Crippen LogP contribution in [0.5, 0.6) is 0 Å². The average molecular weight is 315 g/mol. The number of amidine groups is 1. The van der Waals surface area contributed by atoms with E-state index in [1.807, 2.05) is 63.3 Å². The van der Waals surface area contributed by atoms with Crippen LogP contribution in [0, 0.1) is 63.7 Å². The molecule has 2 saturated carbocycles. The molecule has 0 amide bonds. The zero-order valence-electron chi connectivity index (χ0n) is 10.8. The van der Waals surface area contributed by atoms with Gasteiger partial charge in [-0.2, -0.15) is 0 Å². The summed E-state index contributed by atoms with van der Waals surface area (Å²) in [7, 11) is 0. The topological polar surface area (TPSA) is 77.2 Å². The van der Waals surface area contributed by atoms with Gasteiger partial charge in [-0.25, -0.2) is 0 Å². The molecule has 2 aliphatic carbocycles. The van der Waals surface area contributed by atoms with Crippen LogP contribution in [0.4, 0.5) is 0 Å². The van der Waals surface area contributed by atoms with Gasteiger partial charge in [0.15, 0.2) is 5.84 Å². The maximum atomic E-state index is 8.53. The molecular weight excluding hydrogens is 298 g/mol. The molecule has 106 valence electrons. The summed E-state index contributed by atoms with van der Waals surface area (Å²) in [6.45, 7) is 0.527. The normalized spacial score (nSPS) is 19.6. The number of rotatable bonds is 4. The van der Waals surface area contributed by atoms with Crippen molar-refractivity contribution >= 4 is 12.1 Å². The Morgan fingerprint density at radius 3 is 2.05 bits per heavy atom. The number of aliphatic imine (C=N–C) groups is 1. The number of hydroxylamine groups is 1. The molecule has 0 heterocycles. The zero-order chi connectivity index (χ0) is 13.8. The summed E-state index contributed by atoms with van der Waals surface area (Å²) in [6.07, 6.45) is 19.7. The van der Waals surface area contributed by atoms with E-state index in [1.54, 1.807) is 0 Å². The van der Waals surface area contributed by atoms with Crippen molar-refractivity contribution in [3.63, 3.8) is 0 Å². The van der Waals surface area contributed by atoms with Crippen molar-refractivity contribution in [1.82, 2.24) is 5.48 Å². The number of nitrogens with zero attached hydrogens (tertiary/aromatic N) is 2. The molecule has 0 aromatic heterocycles. The van der Waals surface area contributed by atoms with Gasteiger partial charge in [-0.3, -0.25) is 15.7 Å². The van der Waals surface area contributed by atoms with E-state index in [0.29, 0.717) is 6.54 Å². The Labute approximate surface area is 132 Å². The van der Waals surface area contributed by atoms with Crippen LogP contribution in [0.2, 0.25) is 0 Å². The van der Waals surface area contributed by atoms with Crippen molar-refractivity contribution in [2.24, 2.45) is 10.1 Å². The van der Waals surface area contributed by atoms with Crippen LogP contribution in [-0.4, -0.2) is 29.0 Å². The smallest absolute Gasteiger partial charge is 0.411 e. The fourth-order valence-electron chi connectivity index (χ4n) is 1.37. The van der Waals surface area contributed by atoms with E-state index < -0.39 is 0 Å². The van der Waals surface area contributed by atoms with Crippen LogP contribution in [0.1, 0.15) is 6.42 Å². The van der Waals surface area contributed by atoms with Crippen molar-refractivity contribution in [1.29, 1.82) is 0 Å². The van der Waals surface area contributed by atoms with Gasteiger partial charge in [0.05, 0.1) is 0 Å². The van der Waals surface area contributed by atoms with Crippen LogP contribution in [0.25, 0.3) is 0 Å². The van der Waals surface area contributed by atoms with E-state index in [4.69, 9.17) is 10.4 Å². The molecule has 0 saturated heterocycles. The van der Waals surface area contributed by atoms with E-state index in [9.17, 15) is 0 Å². The molecule has 2 fully saturated rings. The van der Waals surface area contributed by atoms with Gasteiger partial charge >= 0.3 is 17.1 Å². The second-order valence-corrected chi connectivity index (χ2v) is 3.63. The van der Waals surface area contributed by atoms with Crippen LogP contribution < -0.4 is 5.48 Å². The van der Waals surface area contributed by atoms with Gasteiger partial charge in [-0.15, -0.1) is 0 Å². The quantitative estimate of drug-likeness (QED) is 0.243. The molecule has 10 radical (unpaired) electrons. The Morgan fingerprint density at radius 2 is 1.60 bits per heavy atom. The summed E-state index contributed by atoms with van der Waals surface area (Å²) in [5, 5.41) is 19.5. The summed E-state index contributed by atoms with van der Waals surface area (Å²) in [4.78, 5) is 3.95.